The van der Waals surface area contributed by atoms with E-state index in [1.165, 1.54) is 49.4 Å². The molecule has 0 aliphatic heterocycles. The van der Waals surface area contributed by atoms with Gasteiger partial charge in [-0.05, 0) is 5.56 Å². The van der Waals surface area contributed by atoms with Crippen LogP contribution >= 0.6 is 24.0 Å². The monoisotopic (exact) mass is 253 g/mol. The Morgan fingerprint density at radius 2 is 1.56 bits per heavy atom. The number of nitrogens with two attached hydrogens (primary N) is 1. The van der Waals surface area contributed by atoms with Crippen LogP contribution in [0.4, 0.5) is 0 Å². The minimum atomic E-state index is 0.508. The van der Waals surface area contributed by atoms with E-state index in [2.05, 4.69) is 12.1 Å². The molecule has 3 heteroatoms. The summed E-state index contributed by atoms with van der Waals surface area (Å²) in [4.78, 5) is 0. The summed E-state index contributed by atoms with van der Waals surface area (Å²) in [6.45, 7) is 0. The lowest BCUT2D eigenvalue weighted by atomic mass is 10.2. The highest BCUT2D eigenvalue weighted by Crippen LogP contribution is 2.15. The van der Waals surface area contributed by atoms with Crippen molar-refractivity contribution >= 4 is 28.3 Å². The molecule has 1 fully saturated rings. The van der Waals surface area contributed by atoms with Gasteiger partial charge in [0.1, 0.15) is 4.32 Å². The van der Waals surface area contributed by atoms with Crippen molar-refractivity contribution in [2.45, 2.75) is 37.9 Å². The van der Waals surface area contributed by atoms with Crippen molar-refractivity contribution in [3.63, 3.8) is 0 Å². The average Bonchev–Trinajstić information content (AvgIpc) is 2.86. The molecule has 1 aromatic carbocycles. The van der Waals surface area contributed by atoms with Crippen molar-refractivity contribution in [2.24, 2.45) is 5.73 Å². The number of rotatable bonds is 2. The van der Waals surface area contributed by atoms with Crippen molar-refractivity contribution in [1.82, 2.24) is 0 Å². The molecular formula is C13H19NS2. The van der Waals surface area contributed by atoms with Crippen LogP contribution in [0.15, 0.2) is 30.3 Å². The normalized spacial score (nSPS) is 14.0. The SMILES string of the molecule is C1CCCC1.NC(=S)SCc1ccccc1. The molecule has 0 unspecified atom stereocenters. The van der Waals surface area contributed by atoms with Gasteiger partial charge in [0.05, 0.1) is 0 Å². The van der Waals surface area contributed by atoms with E-state index in [9.17, 15) is 0 Å². The molecule has 0 saturated heterocycles. The van der Waals surface area contributed by atoms with E-state index in [1.807, 2.05) is 18.2 Å². The van der Waals surface area contributed by atoms with E-state index in [0.717, 1.165) is 5.75 Å². The molecule has 16 heavy (non-hydrogen) atoms. The first-order valence-electron chi connectivity index (χ1n) is 5.75. The Bertz CT molecular complexity index is 286. The Hall–Kier alpha value is -0.540. The Morgan fingerprint density at radius 1 is 1.06 bits per heavy atom. The zero-order chi connectivity index (χ0) is 11.6. The molecule has 1 saturated carbocycles. The summed E-state index contributed by atoms with van der Waals surface area (Å²) >= 11 is 6.23. The molecule has 0 atom stereocenters. The number of hydrogen-bond acceptors (Lipinski definition) is 2. The van der Waals surface area contributed by atoms with Crippen LogP contribution in [-0.2, 0) is 5.75 Å². The summed E-state index contributed by atoms with van der Waals surface area (Å²) < 4.78 is 0.508. The third kappa shape index (κ3) is 6.85. The van der Waals surface area contributed by atoms with Crippen molar-refractivity contribution in [3.05, 3.63) is 35.9 Å². The molecule has 1 aromatic rings. The quantitative estimate of drug-likeness (QED) is 0.803. The number of hydrogen-bond donors (Lipinski definition) is 1. The topological polar surface area (TPSA) is 26.0 Å². The van der Waals surface area contributed by atoms with Gasteiger partial charge in [0, 0.05) is 5.75 Å². The summed E-state index contributed by atoms with van der Waals surface area (Å²) in [5, 5.41) is 0. The van der Waals surface area contributed by atoms with E-state index >= 15 is 0 Å². The molecule has 0 amide bonds. The van der Waals surface area contributed by atoms with E-state index in [4.69, 9.17) is 18.0 Å². The first-order chi connectivity index (χ1) is 7.79. The minimum Gasteiger partial charge on any atom is -0.385 e. The molecule has 0 heterocycles. The first kappa shape index (κ1) is 13.5. The maximum absolute atomic E-state index is 5.33. The lowest BCUT2D eigenvalue weighted by Crippen LogP contribution is -2.01. The van der Waals surface area contributed by atoms with Crippen molar-refractivity contribution < 1.29 is 0 Å². The fourth-order valence-corrected chi connectivity index (χ4v) is 2.29. The number of thioether (sulfide) groups is 1. The van der Waals surface area contributed by atoms with E-state index in [1.54, 1.807) is 0 Å². The molecule has 0 radical (unpaired) electrons. The molecule has 2 N–H and O–H groups in total. The summed E-state index contributed by atoms with van der Waals surface area (Å²) in [5.41, 5.74) is 6.59. The first-order valence-corrected chi connectivity index (χ1v) is 7.14. The lowest BCUT2D eigenvalue weighted by molar-refractivity contribution is 0.886. The maximum Gasteiger partial charge on any atom is 0.131 e. The fourth-order valence-electron chi connectivity index (χ4n) is 1.61. The molecule has 0 aromatic heterocycles. The fraction of sp³-hybridized carbons (Fsp3) is 0.462. The molecule has 2 rings (SSSR count). The second-order valence-corrected chi connectivity index (χ2v) is 5.58. The predicted octanol–water partition coefficient (Wildman–Crippen LogP) is 4.11. The van der Waals surface area contributed by atoms with Gasteiger partial charge in [0.2, 0.25) is 0 Å². The third-order valence-corrected chi connectivity index (χ3v) is 3.59. The number of benzene rings is 1. The molecule has 0 bridgehead atoms. The Kier molecular flexibility index (Phi) is 7.26. The Balaban J connectivity index is 0.000000212. The second kappa shape index (κ2) is 8.59. The van der Waals surface area contributed by atoms with Crippen molar-refractivity contribution in [2.75, 3.05) is 0 Å². The van der Waals surface area contributed by atoms with Crippen LogP contribution in [0, 0.1) is 0 Å². The molecule has 1 nitrogen and oxygen atoms in total. The van der Waals surface area contributed by atoms with Crippen LogP contribution in [0.3, 0.4) is 0 Å². The van der Waals surface area contributed by atoms with Crippen LogP contribution in [-0.4, -0.2) is 4.32 Å². The van der Waals surface area contributed by atoms with Gasteiger partial charge in [-0.3, -0.25) is 0 Å². The van der Waals surface area contributed by atoms with Gasteiger partial charge in [0.15, 0.2) is 0 Å². The highest BCUT2D eigenvalue weighted by atomic mass is 32.2. The summed E-state index contributed by atoms with van der Waals surface area (Å²) in [5.74, 6) is 0.871. The van der Waals surface area contributed by atoms with Gasteiger partial charge >= 0.3 is 0 Å². The van der Waals surface area contributed by atoms with Gasteiger partial charge in [-0.25, -0.2) is 0 Å². The van der Waals surface area contributed by atoms with Crippen LogP contribution < -0.4 is 5.73 Å². The lowest BCUT2D eigenvalue weighted by Gasteiger charge is -1.97. The maximum atomic E-state index is 5.33. The van der Waals surface area contributed by atoms with Crippen LogP contribution in [0.25, 0.3) is 0 Å². The van der Waals surface area contributed by atoms with E-state index in [0.29, 0.717) is 4.32 Å². The summed E-state index contributed by atoms with van der Waals surface area (Å²) in [6.07, 6.45) is 7.50. The highest BCUT2D eigenvalue weighted by Gasteiger charge is 1.95. The molecule has 1 aliphatic carbocycles. The molecular weight excluding hydrogens is 234 g/mol. The zero-order valence-electron chi connectivity index (χ0n) is 9.52. The third-order valence-electron chi connectivity index (χ3n) is 2.47. The number of thiocarbonyl (C=S) groups is 1. The van der Waals surface area contributed by atoms with Gasteiger partial charge < -0.3 is 5.73 Å². The summed E-state index contributed by atoms with van der Waals surface area (Å²) in [6, 6.07) is 10.1. The van der Waals surface area contributed by atoms with E-state index in [-0.39, 0.29) is 0 Å². The highest BCUT2D eigenvalue weighted by molar-refractivity contribution is 8.22. The Morgan fingerprint density at radius 3 is 2.00 bits per heavy atom. The smallest absolute Gasteiger partial charge is 0.131 e. The van der Waals surface area contributed by atoms with Crippen molar-refractivity contribution in [1.29, 1.82) is 0 Å². The minimum absolute atomic E-state index is 0.508. The van der Waals surface area contributed by atoms with Gasteiger partial charge in [0.25, 0.3) is 0 Å². The molecule has 88 valence electrons. The largest absolute Gasteiger partial charge is 0.385 e. The Labute approximate surface area is 108 Å². The van der Waals surface area contributed by atoms with Crippen LogP contribution in [0.5, 0.6) is 0 Å². The average molecular weight is 253 g/mol. The van der Waals surface area contributed by atoms with Gasteiger partial charge in [-0.15, -0.1) is 0 Å². The standard InChI is InChI=1S/C8H9NS2.C5H10/c9-8(10)11-6-7-4-2-1-3-5-7;1-2-4-5-3-1/h1-5H,6H2,(H2,9,10);1-5H2. The predicted molar refractivity (Wildman–Crippen MR) is 77.6 cm³/mol. The molecule has 1 aliphatic rings. The second-order valence-electron chi connectivity index (χ2n) is 3.86. The van der Waals surface area contributed by atoms with Crippen LogP contribution in [0.2, 0.25) is 0 Å². The van der Waals surface area contributed by atoms with Crippen molar-refractivity contribution in [3.8, 4) is 0 Å². The van der Waals surface area contributed by atoms with E-state index < -0.39 is 0 Å². The van der Waals surface area contributed by atoms with Gasteiger partial charge in [-0.1, -0.05) is 86.4 Å². The zero-order valence-corrected chi connectivity index (χ0v) is 11.2. The van der Waals surface area contributed by atoms with Crippen LogP contribution in [0.1, 0.15) is 37.7 Å². The van der Waals surface area contributed by atoms with Gasteiger partial charge in [-0.2, -0.15) is 0 Å². The molecule has 0 spiro atoms. The summed E-state index contributed by atoms with van der Waals surface area (Å²) in [7, 11) is 0.